The van der Waals surface area contributed by atoms with Crippen molar-refractivity contribution in [3.05, 3.63) is 0 Å². The minimum Gasteiger partial charge on any atom is -0.301 e. The van der Waals surface area contributed by atoms with Crippen LogP contribution in [0.2, 0.25) is 0 Å². The molecule has 0 amide bonds. The summed E-state index contributed by atoms with van der Waals surface area (Å²) in [5.74, 6) is 1.81. The summed E-state index contributed by atoms with van der Waals surface area (Å²) in [6.45, 7) is 19.8. The first-order valence-electron chi connectivity index (χ1n) is 9.73. The Kier molecular flexibility index (Phi) is 7.66. The van der Waals surface area contributed by atoms with Crippen LogP contribution in [-0.2, 0) is 0 Å². The highest BCUT2D eigenvalue weighted by Gasteiger charge is 2.24. The highest BCUT2D eigenvalue weighted by molar-refractivity contribution is 4.79. The van der Waals surface area contributed by atoms with Crippen molar-refractivity contribution in [1.29, 1.82) is 0 Å². The minimum atomic E-state index is 0.732. The zero-order chi connectivity index (χ0) is 15.9. The minimum absolute atomic E-state index is 0.732. The molecule has 3 nitrogen and oxygen atoms in total. The number of likely N-dealkylation sites (tertiary alicyclic amines) is 1. The predicted molar refractivity (Wildman–Crippen MR) is 96.4 cm³/mol. The van der Waals surface area contributed by atoms with Gasteiger partial charge in [-0.3, -0.25) is 0 Å². The fraction of sp³-hybridized carbons (Fsp3) is 1.00. The molecule has 2 aliphatic rings. The van der Waals surface area contributed by atoms with E-state index in [4.69, 9.17) is 0 Å². The average molecular weight is 310 g/mol. The van der Waals surface area contributed by atoms with Gasteiger partial charge >= 0.3 is 0 Å². The Hall–Kier alpha value is -0.120. The van der Waals surface area contributed by atoms with Crippen LogP contribution in [0.5, 0.6) is 0 Å². The van der Waals surface area contributed by atoms with Crippen molar-refractivity contribution in [1.82, 2.24) is 14.7 Å². The molecule has 2 rings (SSSR count). The number of nitrogens with zero attached hydrogens (tertiary/aromatic N) is 3. The molecule has 0 N–H and O–H groups in total. The normalized spacial score (nSPS) is 23.7. The van der Waals surface area contributed by atoms with Gasteiger partial charge in [-0.2, -0.15) is 0 Å². The van der Waals surface area contributed by atoms with Crippen LogP contribution in [-0.4, -0.2) is 73.1 Å². The second-order valence-corrected chi connectivity index (χ2v) is 8.25. The maximum atomic E-state index is 2.73. The number of piperazine rings is 1. The van der Waals surface area contributed by atoms with Gasteiger partial charge in [-0.1, -0.05) is 13.8 Å². The molecule has 130 valence electrons. The lowest BCUT2D eigenvalue weighted by Crippen LogP contribution is -2.49. The lowest BCUT2D eigenvalue weighted by atomic mass is 9.95. The van der Waals surface area contributed by atoms with E-state index in [1.54, 1.807) is 0 Å². The van der Waals surface area contributed by atoms with Gasteiger partial charge in [0.2, 0.25) is 0 Å². The molecule has 0 aromatic heterocycles. The Labute approximate surface area is 139 Å². The van der Waals surface area contributed by atoms with E-state index < -0.39 is 0 Å². The highest BCUT2D eigenvalue weighted by Crippen LogP contribution is 2.20. The molecule has 3 heteroatoms. The molecule has 2 heterocycles. The van der Waals surface area contributed by atoms with Crippen molar-refractivity contribution in [2.24, 2.45) is 11.8 Å². The summed E-state index contributed by atoms with van der Waals surface area (Å²) in [6.07, 6.45) is 5.58. The van der Waals surface area contributed by atoms with Gasteiger partial charge in [0.05, 0.1) is 0 Å². The van der Waals surface area contributed by atoms with Crippen molar-refractivity contribution >= 4 is 0 Å². The molecule has 0 radical (unpaired) electrons. The lowest BCUT2D eigenvalue weighted by molar-refractivity contribution is 0.0864. The van der Waals surface area contributed by atoms with Gasteiger partial charge in [0.15, 0.2) is 0 Å². The van der Waals surface area contributed by atoms with Gasteiger partial charge in [-0.05, 0) is 71.0 Å². The second-order valence-electron chi connectivity index (χ2n) is 8.25. The summed E-state index contributed by atoms with van der Waals surface area (Å²) >= 11 is 0. The molecule has 0 bridgehead atoms. The monoisotopic (exact) mass is 309 g/mol. The van der Waals surface area contributed by atoms with Gasteiger partial charge in [-0.25, -0.2) is 0 Å². The Bertz CT molecular complexity index is 287. The fourth-order valence-electron chi connectivity index (χ4n) is 3.94. The van der Waals surface area contributed by atoms with Crippen molar-refractivity contribution in [2.75, 3.05) is 52.4 Å². The van der Waals surface area contributed by atoms with Gasteiger partial charge in [0, 0.05) is 38.8 Å². The Morgan fingerprint density at radius 3 is 1.95 bits per heavy atom. The molecule has 2 fully saturated rings. The molecule has 0 unspecified atom stereocenters. The number of piperidine rings is 1. The highest BCUT2D eigenvalue weighted by atomic mass is 15.3. The third-order valence-electron chi connectivity index (χ3n) is 5.62. The zero-order valence-corrected chi connectivity index (χ0v) is 15.6. The maximum absolute atomic E-state index is 2.73. The summed E-state index contributed by atoms with van der Waals surface area (Å²) in [5.41, 5.74) is 0. The van der Waals surface area contributed by atoms with E-state index >= 15 is 0 Å². The molecule has 0 aromatic rings. The molecule has 2 saturated heterocycles. The fourth-order valence-corrected chi connectivity index (χ4v) is 3.94. The van der Waals surface area contributed by atoms with E-state index in [1.807, 2.05) is 0 Å². The first-order valence-corrected chi connectivity index (χ1v) is 9.73. The Morgan fingerprint density at radius 1 is 0.818 bits per heavy atom. The van der Waals surface area contributed by atoms with E-state index in [9.17, 15) is 0 Å². The largest absolute Gasteiger partial charge is 0.301 e. The number of hydrogen-bond donors (Lipinski definition) is 0. The topological polar surface area (TPSA) is 9.72 Å². The van der Waals surface area contributed by atoms with Crippen molar-refractivity contribution in [2.45, 2.75) is 59.4 Å². The summed E-state index contributed by atoms with van der Waals surface area (Å²) in [6, 6.07) is 0.732. The first-order chi connectivity index (χ1) is 10.5. The molecule has 22 heavy (non-hydrogen) atoms. The third kappa shape index (κ3) is 6.17. The Morgan fingerprint density at radius 2 is 1.41 bits per heavy atom. The summed E-state index contributed by atoms with van der Waals surface area (Å²) in [5, 5.41) is 0. The standard InChI is InChI=1S/C19H39N3/c1-17(2)6-5-9-20-12-14-21(15-13-20)16-19-7-10-22(11-8-19)18(3)4/h17-19H,5-16H2,1-4H3. The molecule has 0 aliphatic carbocycles. The number of hydrogen-bond acceptors (Lipinski definition) is 3. The molecule has 0 saturated carbocycles. The average Bonchev–Trinajstić information content (AvgIpc) is 2.49. The molecule has 0 aromatic carbocycles. The number of rotatable bonds is 7. The molecule has 2 aliphatic heterocycles. The summed E-state index contributed by atoms with van der Waals surface area (Å²) in [4.78, 5) is 8.05. The summed E-state index contributed by atoms with van der Waals surface area (Å²) < 4.78 is 0. The van der Waals surface area contributed by atoms with Crippen LogP contribution in [0, 0.1) is 11.8 Å². The van der Waals surface area contributed by atoms with E-state index in [1.165, 1.54) is 78.0 Å². The van der Waals surface area contributed by atoms with Gasteiger partial charge in [0.1, 0.15) is 0 Å². The van der Waals surface area contributed by atoms with Gasteiger partial charge in [0.25, 0.3) is 0 Å². The van der Waals surface area contributed by atoms with Crippen LogP contribution in [0.1, 0.15) is 53.4 Å². The first kappa shape index (κ1) is 18.2. The SMILES string of the molecule is CC(C)CCCN1CCN(CC2CCN(C(C)C)CC2)CC1. The van der Waals surface area contributed by atoms with E-state index in [-0.39, 0.29) is 0 Å². The molecule has 0 spiro atoms. The van der Waals surface area contributed by atoms with Crippen molar-refractivity contribution in [3.63, 3.8) is 0 Å². The molecular formula is C19H39N3. The zero-order valence-electron chi connectivity index (χ0n) is 15.6. The van der Waals surface area contributed by atoms with E-state index in [0.717, 1.165) is 17.9 Å². The van der Waals surface area contributed by atoms with E-state index in [0.29, 0.717) is 0 Å². The van der Waals surface area contributed by atoms with Gasteiger partial charge < -0.3 is 14.7 Å². The third-order valence-corrected chi connectivity index (χ3v) is 5.62. The molecule has 0 atom stereocenters. The quantitative estimate of drug-likeness (QED) is 0.715. The van der Waals surface area contributed by atoms with Gasteiger partial charge in [-0.15, -0.1) is 0 Å². The van der Waals surface area contributed by atoms with Crippen LogP contribution in [0.3, 0.4) is 0 Å². The summed E-state index contributed by atoms with van der Waals surface area (Å²) in [7, 11) is 0. The smallest absolute Gasteiger partial charge is 0.0110 e. The lowest BCUT2D eigenvalue weighted by Gasteiger charge is -2.39. The second kappa shape index (κ2) is 9.24. The van der Waals surface area contributed by atoms with E-state index in [2.05, 4.69) is 42.4 Å². The predicted octanol–water partition coefficient (Wildman–Crippen LogP) is 3.16. The Balaban J connectivity index is 1.58. The molecular weight excluding hydrogens is 270 g/mol. The van der Waals surface area contributed by atoms with Crippen molar-refractivity contribution < 1.29 is 0 Å². The van der Waals surface area contributed by atoms with Crippen molar-refractivity contribution in [3.8, 4) is 0 Å². The van der Waals surface area contributed by atoms with Crippen LogP contribution < -0.4 is 0 Å². The maximum Gasteiger partial charge on any atom is 0.0110 e. The van der Waals surface area contributed by atoms with Crippen LogP contribution in [0.15, 0.2) is 0 Å². The van der Waals surface area contributed by atoms with Crippen LogP contribution in [0.25, 0.3) is 0 Å². The van der Waals surface area contributed by atoms with Crippen LogP contribution >= 0.6 is 0 Å². The van der Waals surface area contributed by atoms with Crippen LogP contribution in [0.4, 0.5) is 0 Å².